The number of aryl methyl sites for hydroxylation is 1. The highest BCUT2D eigenvalue weighted by atomic mass is 16.5. The van der Waals surface area contributed by atoms with Gasteiger partial charge in [0, 0.05) is 5.69 Å². The number of nitrogens with two attached hydrogens (primary N) is 1. The molecule has 0 bridgehead atoms. The van der Waals surface area contributed by atoms with Crippen molar-refractivity contribution in [3.05, 3.63) is 48.0 Å². The fraction of sp³-hybridized carbons (Fsp3) is 0.200. The number of hydrogen-bond donors (Lipinski definition) is 1. The van der Waals surface area contributed by atoms with Crippen LogP contribution in [0.25, 0.3) is 11.1 Å². The molecule has 0 amide bonds. The lowest BCUT2D eigenvalue weighted by Gasteiger charge is -2.18. The van der Waals surface area contributed by atoms with Crippen molar-refractivity contribution in [1.29, 1.82) is 0 Å². The maximum Gasteiger partial charge on any atom is 0.122 e. The minimum atomic E-state index is 0.802. The quantitative estimate of drug-likeness (QED) is 0.756. The van der Waals surface area contributed by atoms with E-state index < -0.39 is 0 Å². The second kappa shape index (κ2) is 4.13. The zero-order valence-corrected chi connectivity index (χ0v) is 9.65. The number of nitrogen functional groups attached to an aromatic ring is 1. The van der Waals surface area contributed by atoms with Crippen molar-refractivity contribution in [1.82, 2.24) is 0 Å². The Morgan fingerprint density at radius 3 is 2.76 bits per heavy atom. The molecular weight excluding hydrogens is 210 g/mol. The van der Waals surface area contributed by atoms with Crippen LogP contribution in [0.2, 0.25) is 0 Å². The van der Waals surface area contributed by atoms with E-state index in [1.54, 1.807) is 0 Å². The molecule has 2 heteroatoms. The maximum absolute atomic E-state index is 5.81. The van der Waals surface area contributed by atoms with E-state index in [1.165, 1.54) is 16.7 Å². The second-order valence-corrected chi connectivity index (χ2v) is 4.40. The van der Waals surface area contributed by atoms with Gasteiger partial charge in [0.15, 0.2) is 0 Å². The third-order valence-corrected chi connectivity index (χ3v) is 3.13. The standard InChI is InChI=1S/C15H15NO/c16-14-5-1-3-11(10-14)12-6-7-15-13(9-12)4-2-8-17-15/h1,3,5-7,9-10H,2,4,8,16H2. The first-order valence-electron chi connectivity index (χ1n) is 5.94. The van der Waals surface area contributed by atoms with Crippen molar-refractivity contribution in [2.45, 2.75) is 12.8 Å². The summed E-state index contributed by atoms with van der Waals surface area (Å²) in [6.45, 7) is 0.838. The molecular formula is C15H15NO. The Hall–Kier alpha value is -1.96. The van der Waals surface area contributed by atoms with E-state index in [0.29, 0.717) is 0 Å². The number of anilines is 1. The molecule has 1 aliphatic heterocycles. The third-order valence-electron chi connectivity index (χ3n) is 3.13. The number of ether oxygens (including phenoxy) is 1. The zero-order chi connectivity index (χ0) is 11.7. The van der Waals surface area contributed by atoms with Crippen LogP contribution in [-0.2, 0) is 6.42 Å². The average molecular weight is 225 g/mol. The highest BCUT2D eigenvalue weighted by Crippen LogP contribution is 2.30. The van der Waals surface area contributed by atoms with Gasteiger partial charge in [-0.1, -0.05) is 18.2 Å². The second-order valence-electron chi connectivity index (χ2n) is 4.40. The smallest absolute Gasteiger partial charge is 0.122 e. The molecule has 0 radical (unpaired) electrons. The van der Waals surface area contributed by atoms with Crippen molar-refractivity contribution in [3.63, 3.8) is 0 Å². The third kappa shape index (κ3) is 1.98. The Morgan fingerprint density at radius 2 is 1.88 bits per heavy atom. The monoisotopic (exact) mass is 225 g/mol. The molecule has 0 spiro atoms. The van der Waals surface area contributed by atoms with Crippen molar-refractivity contribution in [3.8, 4) is 16.9 Å². The number of benzene rings is 2. The molecule has 1 heterocycles. The molecule has 3 rings (SSSR count). The fourth-order valence-electron chi connectivity index (χ4n) is 2.26. The van der Waals surface area contributed by atoms with Crippen LogP contribution >= 0.6 is 0 Å². The fourth-order valence-corrected chi connectivity index (χ4v) is 2.26. The van der Waals surface area contributed by atoms with Gasteiger partial charge in [-0.3, -0.25) is 0 Å². The van der Waals surface area contributed by atoms with Gasteiger partial charge in [-0.25, -0.2) is 0 Å². The van der Waals surface area contributed by atoms with Gasteiger partial charge in [0.2, 0.25) is 0 Å². The normalized spacial score (nSPS) is 13.9. The van der Waals surface area contributed by atoms with Gasteiger partial charge in [-0.15, -0.1) is 0 Å². The van der Waals surface area contributed by atoms with E-state index in [0.717, 1.165) is 30.9 Å². The Bertz CT molecular complexity index is 548. The van der Waals surface area contributed by atoms with Crippen LogP contribution in [-0.4, -0.2) is 6.61 Å². The molecule has 0 aliphatic carbocycles. The first kappa shape index (κ1) is 10.2. The van der Waals surface area contributed by atoms with Crippen LogP contribution in [0.5, 0.6) is 5.75 Å². The van der Waals surface area contributed by atoms with E-state index in [-0.39, 0.29) is 0 Å². The van der Waals surface area contributed by atoms with Crippen molar-refractivity contribution < 1.29 is 4.74 Å². The molecule has 2 N–H and O–H groups in total. The molecule has 17 heavy (non-hydrogen) atoms. The summed E-state index contributed by atoms with van der Waals surface area (Å²) >= 11 is 0. The van der Waals surface area contributed by atoms with Gasteiger partial charge in [0.05, 0.1) is 6.61 Å². The average Bonchev–Trinajstić information content (AvgIpc) is 2.38. The van der Waals surface area contributed by atoms with Crippen LogP contribution in [0.4, 0.5) is 5.69 Å². The number of hydrogen-bond acceptors (Lipinski definition) is 2. The van der Waals surface area contributed by atoms with Crippen LogP contribution < -0.4 is 10.5 Å². The first-order chi connectivity index (χ1) is 8.33. The first-order valence-corrected chi connectivity index (χ1v) is 5.94. The molecule has 1 aliphatic rings. The van der Waals surface area contributed by atoms with Crippen LogP contribution in [0.15, 0.2) is 42.5 Å². The number of rotatable bonds is 1. The van der Waals surface area contributed by atoms with Crippen LogP contribution in [0.3, 0.4) is 0 Å². The summed E-state index contributed by atoms with van der Waals surface area (Å²) in [5, 5.41) is 0. The van der Waals surface area contributed by atoms with Gasteiger partial charge >= 0.3 is 0 Å². The molecule has 2 aromatic rings. The predicted octanol–water partition coefficient (Wildman–Crippen LogP) is 3.26. The summed E-state index contributed by atoms with van der Waals surface area (Å²) in [6, 6.07) is 14.4. The lowest BCUT2D eigenvalue weighted by Crippen LogP contribution is -2.07. The van der Waals surface area contributed by atoms with Gasteiger partial charge in [-0.05, 0) is 53.8 Å². The minimum absolute atomic E-state index is 0.802. The Morgan fingerprint density at radius 1 is 1.00 bits per heavy atom. The lowest BCUT2D eigenvalue weighted by atomic mass is 9.99. The summed E-state index contributed by atoms with van der Waals surface area (Å²) < 4.78 is 5.61. The van der Waals surface area contributed by atoms with Crippen LogP contribution in [0, 0.1) is 0 Å². The lowest BCUT2D eigenvalue weighted by molar-refractivity contribution is 0.288. The topological polar surface area (TPSA) is 35.2 Å². The minimum Gasteiger partial charge on any atom is -0.493 e. The van der Waals surface area contributed by atoms with E-state index in [9.17, 15) is 0 Å². The largest absolute Gasteiger partial charge is 0.493 e. The van der Waals surface area contributed by atoms with E-state index in [2.05, 4.69) is 24.3 Å². The maximum atomic E-state index is 5.81. The molecule has 2 aromatic carbocycles. The molecule has 0 saturated carbocycles. The van der Waals surface area contributed by atoms with Crippen molar-refractivity contribution in [2.24, 2.45) is 0 Å². The van der Waals surface area contributed by atoms with Crippen LogP contribution in [0.1, 0.15) is 12.0 Å². The summed E-state index contributed by atoms with van der Waals surface area (Å²) in [5.74, 6) is 1.03. The Labute approximate surface area is 101 Å². The van der Waals surface area contributed by atoms with Gasteiger partial charge in [0.1, 0.15) is 5.75 Å². The van der Waals surface area contributed by atoms with E-state index in [1.807, 2.05) is 18.2 Å². The summed E-state index contributed by atoms with van der Waals surface area (Å²) in [7, 11) is 0. The highest BCUT2D eigenvalue weighted by Gasteiger charge is 2.11. The van der Waals surface area contributed by atoms with Gasteiger partial charge in [0.25, 0.3) is 0 Å². The van der Waals surface area contributed by atoms with Gasteiger partial charge < -0.3 is 10.5 Å². The predicted molar refractivity (Wildman–Crippen MR) is 70.1 cm³/mol. The summed E-state index contributed by atoms with van der Waals surface area (Å²) in [4.78, 5) is 0. The number of fused-ring (bicyclic) bond motifs is 1. The highest BCUT2D eigenvalue weighted by molar-refractivity contribution is 5.69. The van der Waals surface area contributed by atoms with Crippen molar-refractivity contribution >= 4 is 5.69 Å². The molecule has 0 fully saturated rings. The summed E-state index contributed by atoms with van der Waals surface area (Å²) in [5.41, 5.74) is 10.3. The SMILES string of the molecule is Nc1cccc(-c2ccc3c(c2)CCCO3)c1. The molecule has 0 aromatic heterocycles. The Kier molecular flexibility index (Phi) is 2.48. The Balaban J connectivity index is 2.04. The van der Waals surface area contributed by atoms with Gasteiger partial charge in [-0.2, -0.15) is 0 Å². The molecule has 2 nitrogen and oxygen atoms in total. The zero-order valence-electron chi connectivity index (χ0n) is 9.65. The molecule has 0 unspecified atom stereocenters. The molecule has 86 valence electrons. The molecule has 0 atom stereocenters. The van der Waals surface area contributed by atoms with Crippen molar-refractivity contribution in [2.75, 3.05) is 12.3 Å². The molecule has 0 saturated heterocycles. The van der Waals surface area contributed by atoms with E-state index >= 15 is 0 Å². The van der Waals surface area contributed by atoms with E-state index in [4.69, 9.17) is 10.5 Å². The summed E-state index contributed by atoms with van der Waals surface area (Å²) in [6.07, 6.45) is 2.21.